The fourth-order valence-corrected chi connectivity index (χ4v) is 7.89. The number of H-pyrrole nitrogens is 1. The lowest BCUT2D eigenvalue weighted by molar-refractivity contribution is -0.145. The van der Waals surface area contributed by atoms with E-state index in [1.807, 2.05) is 23.8 Å². The summed E-state index contributed by atoms with van der Waals surface area (Å²) in [5, 5.41) is 42.5. The van der Waals surface area contributed by atoms with E-state index in [0.29, 0.717) is 50.0 Å². The molecule has 0 aliphatic carbocycles. The van der Waals surface area contributed by atoms with Gasteiger partial charge in [-0.05, 0) is 70.4 Å². The number of sulfonamides is 1. The number of carboxylic acid groups (broad SMARTS) is 2. The molecule has 3 atom stereocenters. The summed E-state index contributed by atoms with van der Waals surface area (Å²) in [6.07, 6.45) is 0.594. The molecule has 0 saturated heterocycles. The minimum Gasteiger partial charge on any atom is -0.481 e. The molecule has 0 radical (unpaired) electrons. The van der Waals surface area contributed by atoms with Crippen LogP contribution in [0.5, 0.6) is 0 Å². The fourth-order valence-electron chi connectivity index (χ4n) is 6.82. The maximum atomic E-state index is 12.6. The van der Waals surface area contributed by atoms with E-state index >= 15 is 0 Å². The molecule has 2 rings (SSSR count). The number of unbranched alkanes of at least 4 members (excludes halogenated alkanes) is 1. The van der Waals surface area contributed by atoms with Crippen molar-refractivity contribution in [3.63, 3.8) is 0 Å². The van der Waals surface area contributed by atoms with Crippen molar-refractivity contribution in [1.29, 1.82) is 0 Å². The van der Waals surface area contributed by atoms with Crippen LogP contribution in [-0.4, -0.2) is 182 Å². The molecule has 0 spiro atoms. The number of nitrogens with two attached hydrogens (primary N) is 1. The number of aliphatic carboxylic acids is 2. The van der Waals surface area contributed by atoms with Crippen LogP contribution in [0, 0.1) is 12.8 Å². The van der Waals surface area contributed by atoms with Crippen LogP contribution in [0.3, 0.4) is 0 Å². The molecule has 2 aromatic rings. The lowest BCUT2D eigenvalue weighted by Gasteiger charge is -2.16. The number of amides is 6. The number of benzene rings is 1. The van der Waals surface area contributed by atoms with Crippen LogP contribution < -0.4 is 31.7 Å². The van der Waals surface area contributed by atoms with Crippen molar-refractivity contribution < 1.29 is 85.5 Å². The number of hydrogen-bond acceptors (Lipinski definition) is 19. The van der Waals surface area contributed by atoms with Gasteiger partial charge in [-0.2, -0.15) is 5.21 Å². The van der Waals surface area contributed by atoms with Crippen LogP contribution in [0.4, 0.5) is 0 Å². The Labute approximate surface area is 439 Å². The average molecular weight is 1100 g/mol. The van der Waals surface area contributed by atoms with Gasteiger partial charge in [0.1, 0.15) is 31.1 Å². The van der Waals surface area contributed by atoms with E-state index in [2.05, 4.69) is 41.9 Å². The lowest BCUT2D eigenvalue weighted by atomic mass is 9.97. The van der Waals surface area contributed by atoms with Crippen molar-refractivity contribution in [2.75, 3.05) is 71.7 Å². The third-order valence-corrected chi connectivity index (χ3v) is 12.3. The first kappa shape index (κ1) is 65.3. The summed E-state index contributed by atoms with van der Waals surface area (Å²) in [6.45, 7) is 1.94. The van der Waals surface area contributed by atoms with E-state index in [9.17, 15) is 66.6 Å². The molecule has 1 heterocycles. The molecule has 76 heavy (non-hydrogen) atoms. The van der Waals surface area contributed by atoms with Crippen molar-refractivity contribution in [3.8, 4) is 0 Å². The number of Topliss-reactive ketones (excluding diaryl/α,β-unsaturated/α-hetero) is 2. The predicted octanol–water partition coefficient (Wildman–Crippen LogP) is -1.05. The number of aromatic nitrogens is 4. The number of ketones is 2. The second kappa shape index (κ2) is 37.8. The number of aryl methyl sites for hydroxylation is 2. The number of primary amides is 1. The van der Waals surface area contributed by atoms with Gasteiger partial charge < -0.3 is 56.2 Å². The Morgan fingerprint density at radius 3 is 1.97 bits per heavy atom. The zero-order valence-electron chi connectivity index (χ0n) is 42.7. The largest absolute Gasteiger partial charge is 0.481 e. The highest BCUT2D eigenvalue weighted by molar-refractivity contribution is 7.90. The van der Waals surface area contributed by atoms with Crippen LogP contribution in [0.15, 0.2) is 24.3 Å². The van der Waals surface area contributed by atoms with Crippen molar-refractivity contribution in [2.45, 2.75) is 115 Å². The number of rotatable bonds is 45. The van der Waals surface area contributed by atoms with Crippen molar-refractivity contribution in [2.24, 2.45) is 11.7 Å². The van der Waals surface area contributed by atoms with Gasteiger partial charge in [-0.3, -0.25) is 47.9 Å². The highest BCUT2D eigenvalue weighted by Gasteiger charge is 2.26. The highest BCUT2D eigenvalue weighted by Crippen LogP contribution is 2.14. The van der Waals surface area contributed by atoms with E-state index in [1.165, 1.54) is 0 Å². The van der Waals surface area contributed by atoms with Crippen LogP contribution >= 0.6 is 0 Å². The Balaban J connectivity index is 1.49. The lowest BCUT2D eigenvalue weighted by Crippen LogP contribution is -2.45. The summed E-state index contributed by atoms with van der Waals surface area (Å²) in [5.74, 6) is -8.28. The molecule has 1 aromatic heterocycles. The van der Waals surface area contributed by atoms with Gasteiger partial charge >= 0.3 is 11.9 Å². The summed E-state index contributed by atoms with van der Waals surface area (Å²) >= 11 is 0. The van der Waals surface area contributed by atoms with Gasteiger partial charge in [0.25, 0.3) is 5.91 Å². The number of hydrogen-bond donors (Lipinski definition) is 9. The molecule has 1 unspecified atom stereocenters. The van der Waals surface area contributed by atoms with Gasteiger partial charge in [-0.15, -0.1) is 10.2 Å². The number of tetrazole rings is 1. The predicted molar refractivity (Wildman–Crippen MR) is 266 cm³/mol. The Morgan fingerprint density at radius 1 is 0.632 bits per heavy atom. The number of carbonyl (C=O) groups excluding carboxylic acids is 8. The quantitative estimate of drug-likeness (QED) is 0.0357. The molecule has 10 N–H and O–H groups in total. The minimum atomic E-state index is -3.93. The monoisotopic (exact) mass is 1100 g/mol. The van der Waals surface area contributed by atoms with E-state index in [4.69, 9.17) is 24.7 Å². The van der Waals surface area contributed by atoms with Crippen molar-refractivity contribution in [1.82, 2.24) is 46.6 Å². The number of nitrogens with one attached hydrogen (secondary N) is 6. The summed E-state index contributed by atoms with van der Waals surface area (Å²) in [5.41, 5.74) is 7.01. The Morgan fingerprint density at radius 2 is 1.30 bits per heavy atom. The molecular formula is C47H72N10O18S. The van der Waals surface area contributed by atoms with Crippen molar-refractivity contribution in [3.05, 3.63) is 41.2 Å². The number of nitrogens with zero attached hydrogens (tertiary/aromatic N) is 3. The van der Waals surface area contributed by atoms with Gasteiger partial charge in [0.05, 0.1) is 44.7 Å². The second-order valence-electron chi connectivity index (χ2n) is 17.4. The second-order valence-corrected chi connectivity index (χ2v) is 19.2. The van der Waals surface area contributed by atoms with E-state index < -0.39 is 100 Å². The third-order valence-electron chi connectivity index (χ3n) is 10.9. The Hall–Kier alpha value is -6.82. The molecule has 424 valence electrons. The number of ether oxygens (including phenoxy) is 4. The van der Waals surface area contributed by atoms with Gasteiger partial charge in [0.2, 0.25) is 39.6 Å². The zero-order chi connectivity index (χ0) is 56.1. The molecule has 0 bridgehead atoms. The topological polar surface area (TPSA) is 423 Å². The minimum absolute atomic E-state index is 0.0254. The number of carbonyl (C=O) groups is 10. The fraction of sp³-hybridized carbons (Fsp3) is 0.638. The smallest absolute Gasteiger partial charge is 0.326 e. The Bertz CT molecular complexity index is 2270. The maximum absolute atomic E-state index is 12.6. The van der Waals surface area contributed by atoms with Gasteiger partial charge in [-0.25, -0.2) is 13.2 Å². The zero-order valence-corrected chi connectivity index (χ0v) is 43.5. The molecule has 0 aliphatic heterocycles. The number of carboxylic acids is 2. The molecule has 0 saturated carbocycles. The summed E-state index contributed by atoms with van der Waals surface area (Å²) in [7, 11) is -3.93. The highest BCUT2D eigenvalue weighted by atomic mass is 32.2. The molecule has 28 nitrogen and oxygen atoms in total. The summed E-state index contributed by atoms with van der Waals surface area (Å²) < 4.78 is 47.5. The number of aromatic amines is 1. The standard InChI is InChI=1S/C47H72N10O18S/c1-32-12-14-33(15-13-32)45(65)50-20-3-2-8-37(44(48)64)51-43(63)31-75-27-24-72-22-5-7-35(58)17-18-38(47(68)69)52-41(61)19-16-34(46(66)67)29-36(59)30-74-26-25-73-23-21-49-40(60)11-6-28-76(70,71)55-42(62)10-4-9-39-53-56-57-54-39/h12-15,34,37-38H,2-11,16-31H2,1H3,(H2,48,64)(H,49,60)(H,50,65)(H,51,63)(H,52,61)(H,55,62)(H,66,67)(H,68,69)(H,53,54,56,57)/t34-,37+,38?/m1/s1. The normalized spacial score (nSPS) is 12.4. The van der Waals surface area contributed by atoms with E-state index in [1.54, 1.807) is 12.1 Å². The molecule has 29 heteroatoms. The van der Waals surface area contributed by atoms with E-state index in [-0.39, 0.29) is 116 Å². The van der Waals surface area contributed by atoms with Crippen molar-refractivity contribution >= 4 is 69.0 Å². The SMILES string of the molecule is Cc1ccc(C(=O)NCCCC[C@H](NC(=O)COCCOCCCC(=O)CCC(NC(=O)CC[C@H](CC(=O)COCCOCCNC(=O)CCCS(=O)(=O)NC(=O)CCCc2nn[nH]n2)C(=O)O)C(=O)O)C(N)=O)cc1. The van der Waals surface area contributed by atoms with Gasteiger partial charge in [0.15, 0.2) is 11.6 Å². The van der Waals surface area contributed by atoms with Crippen LogP contribution in [0.2, 0.25) is 0 Å². The van der Waals surface area contributed by atoms with Gasteiger partial charge in [0, 0.05) is 70.2 Å². The van der Waals surface area contributed by atoms with E-state index in [0.717, 1.165) is 5.56 Å². The first-order valence-electron chi connectivity index (χ1n) is 24.8. The Kier molecular flexibility index (Phi) is 32.5. The molecule has 6 amide bonds. The maximum Gasteiger partial charge on any atom is 0.326 e. The molecule has 0 aliphatic rings. The van der Waals surface area contributed by atoms with Gasteiger partial charge in [-0.1, -0.05) is 22.9 Å². The molecular weight excluding hydrogens is 1020 g/mol. The van der Waals surface area contributed by atoms with Crippen LogP contribution in [-0.2, 0) is 78.5 Å². The average Bonchev–Trinajstić information content (AvgIpc) is 3.88. The first-order valence-corrected chi connectivity index (χ1v) is 26.4. The van der Waals surface area contributed by atoms with Crippen LogP contribution in [0.1, 0.15) is 112 Å². The third kappa shape index (κ3) is 31.8. The summed E-state index contributed by atoms with van der Waals surface area (Å²) in [4.78, 5) is 121. The molecule has 0 fully saturated rings. The molecule has 1 aromatic carbocycles. The van der Waals surface area contributed by atoms with Crippen LogP contribution in [0.25, 0.3) is 0 Å². The summed E-state index contributed by atoms with van der Waals surface area (Å²) in [6, 6.07) is 4.80. The first-order chi connectivity index (χ1) is 36.2.